The number of imidazole rings is 1. The highest BCUT2D eigenvalue weighted by molar-refractivity contribution is 5.72. The Morgan fingerprint density at radius 3 is 2.82 bits per heavy atom. The second kappa shape index (κ2) is 8.19. The van der Waals surface area contributed by atoms with E-state index in [1.165, 1.54) is 35.5 Å². The number of nitrogens with zero attached hydrogens (tertiary/aromatic N) is 4. The molecule has 2 aromatic heterocycles. The van der Waals surface area contributed by atoms with Crippen LogP contribution in [-0.2, 0) is 6.54 Å². The molecule has 5 nitrogen and oxygen atoms in total. The third-order valence-electron chi connectivity index (χ3n) is 6.94. The van der Waals surface area contributed by atoms with E-state index in [0.29, 0.717) is 5.92 Å². The fourth-order valence-corrected chi connectivity index (χ4v) is 5.21. The minimum Gasteiger partial charge on any atom is -0.371 e. The van der Waals surface area contributed by atoms with Gasteiger partial charge in [-0.05, 0) is 73.0 Å². The van der Waals surface area contributed by atoms with Crippen LogP contribution >= 0.6 is 0 Å². The molecular formula is C27H28FN5. The highest BCUT2D eigenvalue weighted by Crippen LogP contribution is 2.36. The largest absolute Gasteiger partial charge is 0.371 e. The summed E-state index contributed by atoms with van der Waals surface area (Å²) in [6.45, 7) is 7.27. The first-order valence-electron chi connectivity index (χ1n) is 11.8. The molecule has 33 heavy (non-hydrogen) atoms. The van der Waals surface area contributed by atoms with Crippen molar-refractivity contribution in [2.75, 3.05) is 31.1 Å². The Labute approximate surface area is 193 Å². The van der Waals surface area contributed by atoms with Gasteiger partial charge in [0.2, 0.25) is 0 Å². The lowest BCUT2D eigenvalue weighted by atomic mass is 10.1. The van der Waals surface area contributed by atoms with Crippen LogP contribution in [0.25, 0.3) is 28.3 Å². The summed E-state index contributed by atoms with van der Waals surface area (Å²) in [6, 6.07) is 15.7. The smallest absolute Gasteiger partial charge is 0.161 e. The maximum absolute atomic E-state index is 13.4. The predicted molar refractivity (Wildman–Crippen MR) is 130 cm³/mol. The summed E-state index contributed by atoms with van der Waals surface area (Å²) in [7, 11) is 0. The fraction of sp³-hybridized carbons (Fsp3) is 0.296. The Hall–Kier alpha value is -3.38. The van der Waals surface area contributed by atoms with Crippen molar-refractivity contribution in [1.29, 1.82) is 0 Å². The van der Waals surface area contributed by atoms with Crippen LogP contribution in [0.2, 0.25) is 0 Å². The van der Waals surface area contributed by atoms with Gasteiger partial charge in [-0.2, -0.15) is 0 Å². The van der Waals surface area contributed by atoms with Crippen molar-refractivity contribution in [2.45, 2.75) is 19.9 Å². The predicted octanol–water partition coefficient (Wildman–Crippen LogP) is 4.94. The molecule has 1 saturated heterocycles. The second-order valence-electron chi connectivity index (χ2n) is 9.09. The van der Waals surface area contributed by atoms with Gasteiger partial charge in [0.25, 0.3) is 0 Å². The van der Waals surface area contributed by atoms with Gasteiger partial charge >= 0.3 is 0 Å². The van der Waals surface area contributed by atoms with E-state index in [-0.39, 0.29) is 5.82 Å². The molecule has 6 heteroatoms. The third-order valence-corrected chi connectivity index (χ3v) is 6.94. The molecule has 4 heterocycles. The van der Waals surface area contributed by atoms with Crippen LogP contribution in [-0.4, -0.2) is 40.3 Å². The van der Waals surface area contributed by atoms with Crippen molar-refractivity contribution in [3.8, 4) is 28.3 Å². The monoisotopic (exact) mass is 441 g/mol. The average molecular weight is 442 g/mol. The van der Waals surface area contributed by atoms with Gasteiger partial charge < -0.3 is 14.8 Å². The number of rotatable bonds is 5. The van der Waals surface area contributed by atoms with Gasteiger partial charge in [0.15, 0.2) is 5.82 Å². The Morgan fingerprint density at radius 2 is 1.97 bits per heavy atom. The summed E-state index contributed by atoms with van der Waals surface area (Å²) in [6.07, 6.45) is 7.29. The van der Waals surface area contributed by atoms with Crippen LogP contribution in [0.5, 0.6) is 0 Å². The summed E-state index contributed by atoms with van der Waals surface area (Å²) in [5, 5.41) is 3.50. The van der Waals surface area contributed by atoms with Gasteiger partial charge in [-0.15, -0.1) is 0 Å². The van der Waals surface area contributed by atoms with Crippen molar-refractivity contribution in [3.05, 3.63) is 78.5 Å². The number of aromatic nitrogens is 3. The fourth-order valence-electron chi connectivity index (χ4n) is 5.21. The van der Waals surface area contributed by atoms with E-state index in [0.717, 1.165) is 55.4 Å². The second-order valence-corrected chi connectivity index (χ2v) is 9.09. The maximum atomic E-state index is 13.4. The van der Waals surface area contributed by atoms with E-state index >= 15 is 0 Å². The lowest BCUT2D eigenvalue weighted by molar-refractivity contribution is 0.528. The summed E-state index contributed by atoms with van der Waals surface area (Å²) < 4.78 is 17.9. The van der Waals surface area contributed by atoms with Gasteiger partial charge in [0.05, 0.1) is 11.4 Å². The summed E-state index contributed by atoms with van der Waals surface area (Å²) in [4.78, 5) is 7.20. The number of anilines is 1. The van der Waals surface area contributed by atoms with Gasteiger partial charge in [0, 0.05) is 49.5 Å². The number of hydrogen-bond donors (Lipinski definition) is 1. The lowest BCUT2D eigenvalue weighted by Gasteiger charge is -2.21. The molecule has 0 aliphatic carbocycles. The zero-order chi connectivity index (χ0) is 22.4. The van der Waals surface area contributed by atoms with E-state index in [1.807, 2.05) is 24.5 Å². The van der Waals surface area contributed by atoms with E-state index in [2.05, 4.69) is 61.7 Å². The maximum Gasteiger partial charge on any atom is 0.161 e. The number of halogens is 1. The molecule has 2 aliphatic rings. The minimum absolute atomic E-state index is 0.217. The molecule has 0 spiro atoms. The Morgan fingerprint density at radius 1 is 1.09 bits per heavy atom. The molecule has 4 aromatic rings. The zero-order valence-corrected chi connectivity index (χ0v) is 18.8. The SMILES string of the molecule is CCNC[C@@H]1CCN(c2ccc3c(c2)Cn2cc(-c4ccc(F)cc4)cc2-c2nccn2-3)C1. The van der Waals surface area contributed by atoms with Crippen molar-refractivity contribution < 1.29 is 4.39 Å². The Balaban J connectivity index is 1.36. The van der Waals surface area contributed by atoms with Gasteiger partial charge in [-0.1, -0.05) is 19.1 Å². The van der Waals surface area contributed by atoms with Crippen LogP contribution in [0.15, 0.2) is 67.1 Å². The Kier molecular flexibility index (Phi) is 5.03. The molecule has 1 atom stereocenters. The van der Waals surface area contributed by atoms with E-state index in [1.54, 1.807) is 0 Å². The molecule has 0 amide bonds. The highest BCUT2D eigenvalue weighted by Gasteiger charge is 2.25. The van der Waals surface area contributed by atoms with Crippen LogP contribution < -0.4 is 10.2 Å². The van der Waals surface area contributed by atoms with Gasteiger partial charge in [0.1, 0.15) is 5.82 Å². The molecule has 1 N–H and O–H groups in total. The van der Waals surface area contributed by atoms with E-state index < -0.39 is 0 Å². The first-order chi connectivity index (χ1) is 16.2. The van der Waals surface area contributed by atoms with Crippen LogP contribution in [0.4, 0.5) is 10.1 Å². The number of benzene rings is 2. The van der Waals surface area contributed by atoms with Crippen molar-refractivity contribution in [3.63, 3.8) is 0 Å². The standard InChI is InChI=1S/C27H28FN5/c1-2-29-15-19-9-11-31(16-19)24-7-8-25-22(13-24)18-32-17-21(20-3-5-23(28)6-4-20)14-26(32)27-30-10-12-33(25)27/h3-8,10,12-14,17,19,29H,2,9,11,15-16,18H2,1H3/t19-/m0/s1. The minimum atomic E-state index is -0.217. The normalized spacial score (nSPS) is 16.9. The average Bonchev–Trinajstić information content (AvgIpc) is 3.57. The summed E-state index contributed by atoms with van der Waals surface area (Å²) >= 11 is 0. The quantitative estimate of drug-likeness (QED) is 0.420. The Bertz CT molecular complexity index is 1290. The molecule has 2 aliphatic heterocycles. The van der Waals surface area contributed by atoms with Crippen molar-refractivity contribution >= 4 is 5.69 Å². The number of nitrogens with one attached hydrogen (secondary N) is 1. The van der Waals surface area contributed by atoms with Crippen LogP contribution in [0.3, 0.4) is 0 Å². The molecule has 6 rings (SSSR count). The van der Waals surface area contributed by atoms with E-state index in [9.17, 15) is 4.39 Å². The number of fused-ring (bicyclic) bond motifs is 5. The first-order valence-corrected chi connectivity index (χ1v) is 11.8. The van der Waals surface area contributed by atoms with E-state index in [4.69, 9.17) is 0 Å². The molecule has 0 saturated carbocycles. The molecule has 0 bridgehead atoms. The molecule has 0 unspecified atom stereocenters. The number of hydrogen-bond acceptors (Lipinski definition) is 3. The van der Waals surface area contributed by atoms with Crippen molar-refractivity contribution in [2.24, 2.45) is 5.92 Å². The van der Waals surface area contributed by atoms with Crippen LogP contribution in [0.1, 0.15) is 18.9 Å². The summed E-state index contributed by atoms with van der Waals surface area (Å²) in [5.41, 5.74) is 6.91. The zero-order valence-electron chi connectivity index (χ0n) is 18.8. The molecule has 0 radical (unpaired) electrons. The first kappa shape index (κ1) is 20.2. The van der Waals surface area contributed by atoms with Crippen LogP contribution in [0, 0.1) is 11.7 Å². The molecule has 1 fully saturated rings. The van der Waals surface area contributed by atoms with Gasteiger partial charge in [-0.3, -0.25) is 4.57 Å². The lowest BCUT2D eigenvalue weighted by Crippen LogP contribution is -2.26. The third kappa shape index (κ3) is 3.64. The topological polar surface area (TPSA) is 38.0 Å². The highest BCUT2D eigenvalue weighted by atomic mass is 19.1. The summed E-state index contributed by atoms with van der Waals surface area (Å²) in [5.74, 6) is 1.42. The van der Waals surface area contributed by atoms with Gasteiger partial charge in [-0.25, -0.2) is 9.37 Å². The molecular weight excluding hydrogens is 413 g/mol. The molecule has 168 valence electrons. The molecule has 2 aromatic carbocycles. The van der Waals surface area contributed by atoms with Crippen molar-refractivity contribution in [1.82, 2.24) is 19.4 Å².